The zero-order valence-electron chi connectivity index (χ0n) is 22.9. The minimum Gasteiger partial charge on any atom is -0.456 e. The Morgan fingerprint density at radius 3 is 1.95 bits per heavy atom. The van der Waals surface area contributed by atoms with Crippen molar-refractivity contribution in [3.8, 4) is 33.4 Å². The van der Waals surface area contributed by atoms with E-state index in [1.165, 1.54) is 79.5 Å². The second kappa shape index (κ2) is 8.84. The van der Waals surface area contributed by atoms with Crippen LogP contribution < -0.4 is 0 Å². The number of fused-ring (bicyclic) bond motifs is 8. The summed E-state index contributed by atoms with van der Waals surface area (Å²) in [6.45, 7) is 0. The van der Waals surface area contributed by atoms with E-state index in [2.05, 4.69) is 121 Å². The first-order valence-electron chi connectivity index (χ1n) is 14.5. The van der Waals surface area contributed by atoms with Gasteiger partial charge in [0.05, 0.1) is 0 Å². The monoisotopic (exact) mass is 582 g/mol. The van der Waals surface area contributed by atoms with Gasteiger partial charge in [0.25, 0.3) is 0 Å². The van der Waals surface area contributed by atoms with Crippen LogP contribution in [0.1, 0.15) is 0 Å². The molecular weight excluding hydrogens is 561 g/mol. The molecule has 0 atom stereocenters. The summed E-state index contributed by atoms with van der Waals surface area (Å²) in [5.41, 5.74) is 9.52. The number of benzene rings is 7. The van der Waals surface area contributed by atoms with Crippen molar-refractivity contribution in [1.29, 1.82) is 0 Å². The maximum atomic E-state index is 6.18. The van der Waals surface area contributed by atoms with Crippen LogP contribution in [-0.4, -0.2) is 0 Å². The van der Waals surface area contributed by atoms with Gasteiger partial charge in [-0.2, -0.15) is 0 Å². The van der Waals surface area contributed by atoms with Gasteiger partial charge in [-0.3, -0.25) is 0 Å². The van der Waals surface area contributed by atoms with Crippen LogP contribution in [0.25, 0.3) is 86.3 Å². The minimum absolute atomic E-state index is 0.932. The van der Waals surface area contributed by atoms with Gasteiger partial charge in [-0.1, -0.05) is 109 Å². The van der Waals surface area contributed by atoms with Gasteiger partial charge in [0.15, 0.2) is 0 Å². The smallest absolute Gasteiger partial charge is 0.136 e. The van der Waals surface area contributed by atoms with Crippen molar-refractivity contribution in [1.82, 2.24) is 0 Å². The van der Waals surface area contributed by atoms with Gasteiger partial charge < -0.3 is 4.42 Å². The van der Waals surface area contributed by atoms with Gasteiger partial charge >= 0.3 is 0 Å². The van der Waals surface area contributed by atoms with Crippen molar-refractivity contribution >= 4 is 76.0 Å². The van der Waals surface area contributed by atoms with E-state index in [9.17, 15) is 0 Å². The molecule has 0 spiro atoms. The second-order valence-electron chi connectivity index (χ2n) is 11.2. The second-order valence-corrected chi connectivity index (χ2v) is 13.4. The van der Waals surface area contributed by atoms with E-state index in [1.807, 2.05) is 35.2 Å². The number of furan rings is 1. The summed E-state index contributed by atoms with van der Waals surface area (Å²) in [6, 6.07) is 48.8. The zero-order chi connectivity index (χ0) is 28.1. The fourth-order valence-electron chi connectivity index (χ4n) is 6.96. The molecular formula is C40H22OS2. The van der Waals surface area contributed by atoms with E-state index in [-0.39, 0.29) is 0 Å². The van der Waals surface area contributed by atoms with E-state index in [1.54, 1.807) is 0 Å². The first-order valence-corrected chi connectivity index (χ1v) is 16.1. The zero-order valence-corrected chi connectivity index (χ0v) is 24.6. The fraction of sp³-hybridized carbons (Fsp3) is 0. The third-order valence-corrected chi connectivity index (χ3v) is 11.1. The summed E-state index contributed by atoms with van der Waals surface area (Å²) in [4.78, 5) is 2.67. The normalized spacial score (nSPS) is 12.6. The maximum Gasteiger partial charge on any atom is 0.136 e. The van der Waals surface area contributed by atoms with E-state index in [4.69, 9.17) is 4.42 Å². The van der Waals surface area contributed by atoms with E-state index in [0.29, 0.717) is 0 Å². The Morgan fingerprint density at radius 2 is 1.07 bits per heavy atom. The van der Waals surface area contributed by atoms with Gasteiger partial charge in [-0.25, -0.2) is 0 Å². The summed E-state index contributed by atoms with van der Waals surface area (Å²) in [5.74, 6) is 0. The summed E-state index contributed by atoms with van der Waals surface area (Å²) in [6.07, 6.45) is 0. The van der Waals surface area contributed by atoms with Crippen molar-refractivity contribution in [2.24, 2.45) is 0 Å². The highest BCUT2D eigenvalue weighted by Crippen LogP contribution is 2.50. The predicted molar refractivity (Wildman–Crippen MR) is 185 cm³/mol. The van der Waals surface area contributed by atoms with Crippen molar-refractivity contribution in [3.63, 3.8) is 0 Å². The highest BCUT2D eigenvalue weighted by atomic mass is 32.2. The molecule has 0 bridgehead atoms. The number of hydrogen-bond acceptors (Lipinski definition) is 3. The molecule has 0 radical (unpaired) electrons. The molecule has 200 valence electrons. The lowest BCUT2D eigenvalue weighted by atomic mass is 9.92. The molecule has 0 aliphatic carbocycles. The minimum atomic E-state index is 0.932. The summed E-state index contributed by atoms with van der Waals surface area (Å²) in [7, 11) is 0. The number of rotatable bonds is 2. The molecule has 1 aliphatic rings. The largest absolute Gasteiger partial charge is 0.456 e. The number of para-hydroxylation sites is 1. The highest BCUT2D eigenvalue weighted by molar-refractivity contribution is 7.99. The van der Waals surface area contributed by atoms with Crippen LogP contribution in [0.5, 0.6) is 0 Å². The molecule has 9 aromatic rings. The Kier molecular flexibility index (Phi) is 4.87. The van der Waals surface area contributed by atoms with Crippen LogP contribution in [0.4, 0.5) is 0 Å². The van der Waals surface area contributed by atoms with Gasteiger partial charge in [0.1, 0.15) is 11.2 Å². The lowest BCUT2D eigenvalue weighted by Gasteiger charge is -2.21. The molecule has 7 aromatic carbocycles. The Morgan fingerprint density at radius 1 is 0.395 bits per heavy atom. The van der Waals surface area contributed by atoms with Gasteiger partial charge in [0, 0.05) is 46.1 Å². The predicted octanol–water partition coefficient (Wildman–Crippen LogP) is 12.6. The van der Waals surface area contributed by atoms with E-state index >= 15 is 0 Å². The Hall–Kier alpha value is -4.83. The molecule has 0 saturated carbocycles. The molecule has 3 heterocycles. The summed E-state index contributed by atoms with van der Waals surface area (Å²) < 4.78 is 8.80. The van der Waals surface area contributed by atoms with Crippen LogP contribution in [0, 0.1) is 0 Å². The first kappa shape index (κ1) is 23.7. The first-order chi connectivity index (χ1) is 21.3. The third-order valence-electron chi connectivity index (χ3n) is 8.90. The Labute approximate surface area is 256 Å². The van der Waals surface area contributed by atoms with Crippen LogP contribution in [0.2, 0.25) is 0 Å². The Balaban J connectivity index is 1.13. The molecule has 1 nitrogen and oxygen atoms in total. The SMILES string of the molecule is c1ccc2c(c1)Sc1ccc(-c3ccc4c(c3)sc3cc(-c5cccc6oc7ccccc7c56)ccc34)c3cccc-2c13. The standard InChI is InChI=1S/C40H22OS2/c1-3-12-33-32(8-1)39-26(9-6-13-34(39)41-33)24-16-18-29-28-17-15-23(21-37(28)43-38(29)22-24)25-19-20-36-40-30(25)10-5-11-31(40)27-7-2-4-14-35(27)42-36/h1-22H. The molecule has 43 heavy (non-hydrogen) atoms. The number of hydrogen-bond donors (Lipinski definition) is 0. The topological polar surface area (TPSA) is 13.1 Å². The Bertz CT molecular complexity index is 2600. The van der Waals surface area contributed by atoms with E-state index in [0.717, 1.165) is 16.6 Å². The van der Waals surface area contributed by atoms with Crippen LogP contribution in [0.3, 0.4) is 0 Å². The lowest BCUT2D eigenvalue weighted by Crippen LogP contribution is -1.93. The summed E-state index contributed by atoms with van der Waals surface area (Å²) in [5, 5.41) is 7.66. The van der Waals surface area contributed by atoms with Gasteiger partial charge in [0.2, 0.25) is 0 Å². The van der Waals surface area contributed by atoms with Crippen molar-refractivity contribution in [2.45, 2.75) is 9.79 Å². The van der Waals surface area contributed by atoms with Crippen molar-refractivity contribution in [2.75, 3.05) is 0 Å². The average molecular weight is 583 g/mol. The van der Waals surface area contributed by atoms with Crippen LogP contribution in [0.15, 0.2) is 148 Å². The third kappa shape index (κ3) is 3.41. The lowest BCUT2D eigenvalue weighted by molar-refractivity contribution is 0.669. The molecule has 0 amide bonds. The van der Waals surface area contributed by atoms with Crippen molar-refractivity contribution < 1.29 is 4.42 Å². The maximum absolute atomic E-state index is 6.18. The van der Waals surface area contributed by atoms with E-state index < -0.39 is 0 Å². The van der Waals surface area contributed by atoms with Gasteiger partial charge in [-0.05, 0) is 75.2 Å². The molecule has 10 rings (SSSR count). The molecule has 3 heteroatoms. The summed E-state index contributed by atoms with van der Waals surface area (Å²) >= 11 is 3.76. The highest BCUT2D eigenvalue weighted by Gasteiger charge is 2.21. The molecule has 0 N–H and O–H groups in total. The van der Waals surface area contributed by atoms with Crippen LogP contribution in [-0.2, 0) is 0 Å². The van der Waals surface area contributed by atoms with Gasteiger partial charge in [-0.15, -0.1) is 11.3 Å². The molecule has 0 unspecified atom stereocenters. The van der Waals surface area contributed by atoms with Crippen LogP contribution >= 0.6 is 23.1 Å². The molecule has 0 saturated heterocycles. The number of thiophene rings is 1. The molecule has 0 fully saturated rings. The average Bonchev–Trinajstić information content (AvgIpc) is 3.62. The quantitative estimate of drug-likeness (QED) is 0.201. The molecule has 2 aromatic heterocycles. The fourth-order valence-corrected chi connectivity index (χ4v) is 9.27. The molecule has 1 aliphatic heterocycles. The van der Waals surface area contributed by atoms with Crippen molar-refractivity contribution in [3.05, 3.63) is 133 Å².